The van der Waals surface area contributed by atoms with Crippen molar-refractivity contribution in [2.75, 3.05) is 34.8 Å². The topological polar surface area (TPSA) is 52.7 Å². The molecule has 0 bridgehead atoms. The number of benzene rings is 2. The van der Waals surface area contributed by atoms with Crippen molar-refractivity contribution < 1.29 is 9.59 Å². The molecule has 0 radical (unpaired) electrons. The van der Waals surface area contributed by atoms with Gasteiger partial charge in [-0.2, -0.15) is 0 Å². The number of nitrogens with one attached hydrogen (secondary N) is 1. The summed E-state index contributed by atoms with van der Waals surface area (Å²) in [5.74, 6) is -0.0540. The second-order valence-electron chi connectivity index (χ2n) is 7.36. The zero-order valence-corrected chi connectivity index (χ0v) is 16.5. The van der Waals surface area contributed by atoms with Gasteiger partial charge in [0.1, 0.15) is 0 Å². The summed E-state index contributed by atoms with van der Waals surface area (Å²) in [6.07, 6.45) is 5.13. The van der Waals surface area contributed by atoms with E-state index in [2.05, 4.69) is 10.2 Å². The molecule has 1 N–H and O–H groups in total. The highest BCUT2D eigenvalue weighted by molar-refractivity contribution is 6.33. The Labute approximate surface area is 170 Å². The minimum Gasteiger partial charge on any atom is -0.370 e. The average Bonchev–Trinajstić information content (AvgIpc) is 3.15. The summed E-state index contributed by atoms with van der Waals surface area (Å²) in [5.41, 5.74) is 3.09. The van der Waals surface area contributed by atoms with Crippen LogP contribution in [-0.4, -0.2) is 31.4 Å². The van der Waals surface area contributed by atoms with Gasteiger partial charge in [-0.3, -0.25) is 9.59 Å². The molecule has 2 aromatic rings. The fraction of sp³-hybridized carbons (Fsp3) is 0.364. The summed E-state index contributed by atoms with van der Waals surface area (Å²) in [5, 5.41) is 3.56. The standard InChI is InChI=1S/C22H24ClN3O2/c23-19-15-17(8-11-20(19)25-12-2-1-3-13-25)24-22(28)16-6-9-18(10-7-16)26-14-4-5-21(26)27/h6-11,15H,1-5,12-14H2,(H,24,28). The highest BCUT2D eigenvalue weighted by Gasteiger charge is 2.21. The third-order valence-corrected chi connectivity index (χ3v) is 5.72. The van der Waals surface area contributed by atoms with Gasteiger partial charge < -0.3 is 15.1 Å². The largest absolute Gasteiger partial charge is 0.370 e. The molecular formula is C22H24ClN3O2. The predicted octanol–water partition coefficient (Wildman–Crippen LogP) is 4.71. The monoisotopic (exact) mass is 397 g/mol. The molecule has 0 saturated carbocycles. The molecule has 28 heavy (non-hydrogen) atoms. The minimum absolute atomic E-state index is 0.139. The average molecular weight is 398 g/mol. The predicted molar refractivity (Wildman–Crippen MR) is 113 cm³/mol. The van der Waals surface area contributed by atoms with Gasteiger partial charge in [-0.1, -0.05) is 11.6 Å². The Morgan fingerprint density at radius 3 is 2.32 bits per heavy atom. The zero-order valence-electron chi connectivity index (χ0n) is 15.8. The third-order valence-electron chi connectivity index (χ3n) is 5.42. The van der Waals surface area contributed by atoms with Crippen molar-refractivity contribution in [3.05, 3.63) is 53.1 Å². The van der Waals surface area contributed by atoms with Crippen LogP contribution in [0.4, 0.5) is 17.1 Å². The number of amides is 2. The number of nitrogens with zero attached hydrogens (tertiary/aromatic N) is 2. The van der Waals surface area contributed by atoms with Crippen LogP contribution < -0.4 is 15.1 Å². The summed E-state index contributed by atoms with van der Waals surface area (Å²) in [4.78, 5) is 28.5. The van der Waals surface area contributed by atoms with Crippen molar-refractivity contribution in [3.8, 4) is 0 Å². The zero-order chi connectivity index (χ0) is 19.5. The first-order valence-electron chi connectivity index (χ1n) is 9.88. The van der Waals surface area contributed by atoms with Gasteiger partial charge in [0, 0.05) is 43.0 Å². The number of hydrogen-bond acceptors (Lipinski definition) is 3. The molecule has 0 spiro atoms. The summed E-state index contributed by atoms with van der Waals surface area (Å²) >= 11 is 6.47. The van der Waals surface area contributed by atoms with Crippen molar-refractivity contribution in [2.45, 2.75) is 32.1 Å². The van der Waals surface area contributed by atoms with E-state index < -0.39 is 0 Å². The molecule has 2 saturated heterocycles. The SMILES string of the molecule is O=C(Nc1ccc(N2CCCCC2)c(Cl)c1)c1ccc(N2CCCC2=O)cc1. The number of carbonyl (C=O) groups excluding carboxylic acids is 2. The molecule has 4 rings (SSSR count). The van der Waals surface area contributed by atoms with E-state index >= 15 is 0 Å². The second-order valence-corrected chi connectivity index (χ2v) is 7.77. The molecule has 0 atom stereocenters. The van der Waals surface area contributed by atoms with Crippen LogP contribution in [0, 0.1) is 0 Å². The van der Waals surface area contributed by atoms with Crippen molar-refractivity contribution in [1.29, 1.82) is 0 Å². The van der Waals surface area contributed by atoms with Gasteiger partial charge in [-0.05, 0) is 68.1 Å². The molecule has 0 aromatic heterocycles. The van der Waals surface area contributed by atoms with Gasteiger partial charge in [-0.25, -0.2) is 0 Å². The van der Waals surface area contributed by atoms with E-state index in [9.17, 15) is 9.59 Å². The number of halogens is 1. The number of piperidine rings is 1. The number of anilines is 3. The highest BCUT2D eigenvalue weighted by Crippen LogP contribution is 2.31. The van der Waals surface area contributed by atoms with Crippen LogP contribution in [0.2, 0.25) is 5.02 Å². The van der Waals surface area contributed by atoms with Crippen LogP contribution in [0.25, 0.3) is 0 Å². The lowest BCUT2D eigenvalue weighted by molar-refractivity contribution is -0.117. The maximum Gasteiger partial charge on any atom is 0.255 e. The van der Waals surface area contributed by atoms with E-state index in [1.54, 1.807) is 23.1 Å². The smallest absolute Gasteiger partial charge is 0.255 e. The molecule has 146 valence electrons. The number of rotatable bonds is 4. The van der Waals surface area contributed by atoms with Crippen LogP contribution in [0.15, 0.2) is 42.5 Å². The van der Waals surface area contributed by atoms with Gasteiger partial charge in [0.2, 0.25) is 5.91 Å². The molecule has 2 amide bonds. The van der Waals surface area contributed by atoms with E-state index in [-0.39, 0.29) is 11.8 Å². The van der Waals surface area contributed by atoms with Gasteiger partial charge in [-0.15, -0.1) is 0 Å². The van der Waals surface area contributed by atoms with E-state index in [1.807, 2.05) is 24.3 Å². The van der Waals surface area contributed by atoms with Crippen LogP contribution in [0.5, 0.6) is 0 Å². The third kappa shape index (κ3) is 3.99. The maximum absolute atomic E-state index is 12.6. The van der Waals surface area contributed by atoms with Crippen LogP contribution in [0.1, 0.15) is 42.5 Å². The Bertz CT molecular complexity index is 876. The van der Waals surface area contributed by atoms with E-state index in [0.717, 1.165) is 37.4 Å². The van der Waals surface area contributed by atoms with E-state index in [4.69, 9.17) is 11.6 Å². The Hall–Kier alpha value is -2.53. The fourth-order valence-corrected chi connectivity index (χ4v) is 4.19. The number of hydrogen-bond donors (Lipinski definition) is 1. The Kier molecular flexibility index (Phi) is 5.53. The van der Waals surface area contributed by atoms with Crippen LogP contribution in [0.3, 0.4) is 0 Å². The van der Waals surface area contributed by atoms with E-state index in [0.29, 0.717) is 22.7 Å². The quantitative estimate of drug-likeness (QED) is 0.812. The van der Waals surface area contributed by atoms with Gasteiger partial charge in [0.25, 0.3) is 5.91 Å². The lowest BCUT2D eigenvalue weighted by Crippen LogP contribution is -2.29. The first-order chi connectivity index (χ1) is 13.6. The van der Waals surface area contributed by atoms with Crippen molar-refractivity contribution in [3.63, 3.8) is 0 Å². The van der Waals surface area contributed by atoms with Crippen LogP contribution in [-0.2, 0) is 4.79 Å². The summed E-state index contributed by atoms with van der Waals surface area (Å²) in [6, 6.07) is 12.8. The highest BCUT2D eigenvalue weighted by atomic mass is 35.5. The Morgan fingerprint density at radius 1 is 0.929 bits per heavy atom. The lowest BCUT2D eigenvalue weighted by atomic mass is 10.1. The molecule has 2 aliphatic rings. The molecule has 2 aromatic carbocycles. The minimum atomic E-state index is -0.193. The first kappa shape index (κ1) is 18.8. The molecule has 0 aliphatic carbocycles. The van der Waals surface area contributed by atoms with Crippen molar-refractivity contribution in [1.82, 2.24) is 0 Å². The van der Waals surface area contributed by atoms with Gasteiger partial charge in [0.05, 0.1) is 10.7 Å². The molecule has 0 unspecified atom stereocenters. The molecule has 2 fully saturated rings. The summed E-state index contributed by atoms with van der Waals surface area (Å²) in [6.45, 7) is 2.79. The van der Waals surface area contributed by atoms with E-state index in [1.165, 1.54) is 19.3 Å². The molecule has 5 nitrogen and oxygen atoms in total. The summed E-state index contributed by atoms with van der Waals surface area (Å²) < 4.78 is 0. The molecule has 2 aliphatic heterocycles. The molecule has 2 heterocycles. The Balaban J connectivity index is 1.43. The Morgan fingerprint density at radius 2 is 1.68 bits per heavy atom. The normalized spacial score (nSPS) is 17.1. The molecule has 6 heteroatoms. The lowest BCUT2D eigenvalue weighted by Gasteiger charge is -2.29. The maximum atomic E-state index is 12.6. The van der Waals surface area contributed by atoms with Crippen molar-refractivity contribution in [2.24, 2.45) is 0 Å². The first-order valence-corrected chi connectivity index (χ1v) is 10.3. The fourth-order valence-electron chi connectivity index (χ4n) is 3.89. The van der Waals surface area contributed by atoms with Gasteiger partial charge in [0.15, 0.2) is 0 Å². The summed E-state index contributed by atoms with van der Waals surface area (Å²) in [7, 11) is 0. The number of carbonyl (C=O) groups is 2. The van der Waals surface area contributed by atoms with Gasteiger partial charge >= 0.3 is 0 Å². The van der Waals surface area contributed by atoms with Crippen molar-refractivity contribution >= 4 is 40.5 Å². The van der Waals surface area contributed by atoms with Crippen LogP contribution >= 0.6 is 11.6 Å². The molecular weight excluding hydrogens is 374 g/mol. The second kappa shape index (κ2) is 8.23.